The maximum absolute atomic E-state index is 13.9. The quantitative estimate of drug-likeness (QED) is 0.228. The van der Waals surface area contributed by atoms with E-state index < -0.39 is 35.6 Å². The first-order valence-electron chi connectivity index (χ1n) is 12.9. The van der Waals surface area contributed by atoms with Crippen LogP contribution in [0.25, 0.3) is 0 Å². The van der Waals surface area contributed by atoms with E-state index in [4.69, 9.17) is 11.2 Å². The first-order chi connectivity index (χ1) is 18.0. The lowest BCUT2D eigenvalue weighted by Gasteiger charge is -2.30. The predicted molar refractivity (Wildman–Crippen MR) is 147 cm³/mol. The average Bonchev–Trinajstić information content (AvgIpc) is 2.85. The van der Waals surface area contributed by atoms with Crippen LogP contribution in [-0.4, -0.2) is 46.1 Å². The number of carbonyl (C=O) groups excluding carboxylic acids is 3. The average molecular weight is 522 g/mol. The number of unbranched alkanes of at least 4 members (excludes halogenated alkanes) is 2. The Labute approximate surface area is 225 Å². The molecule has 8 nitrogen and oxygen atoms in total. The zero-order valence-corrected chi connectivity index (χ0v) is 22.9. The fourth-order valence-electron chi connectivity index (χ4n) is 3.88. The number of carbonyl (C=O) groups is 3. The van der Waals surface area contributed by atoms with Gasteiger partial charge in [-0.15, -0.1) is 0 Å². The zero-order chi connectivity index (χ0) is 28.3. The maximum atomic E-state index is 13.9. The summed E-state index contributed by atoms with van der Waals surface area (Å²) in [5.41, 5.74) is 0.986. The van der Waals surface area contributed by atoms with Crippen LogP contribution in [0.1, 0.15) is 69.7 Å². The van der Waals surface area contributed by atoms with Gasteiger partial charge in [0.1, 0.15) is 23.4 Å². The largest absolute Gasteiger partial charge is 0.508 e. The molecule has 0 aliphatic heterocycles. The van der Waals surface area contributed by atoms with E-state index in [1.54, 1.807) is 39.8 Å². The summed E-state index contributed by atoms with van der Waals surface area (Å²) in [5.74, 6) is -1.03. The van der Waals surface area contributed by atoms with Crippen molar-refractivity contribution in [3.8, 4) is 18.2 Å². The van der Waals surface area contributed by atoms with Crippen molar-refractivity contribution in [1.82, 2.24) is 15.5 Å². The number of aryl methyl sites for hydroxylation is 1. The van der Waals surface area contributed by atoms with Gasteiger partial charge >= 0.3 is 6.09 Å². The van der Waals surface area contributed by atoms with Crippen LogP contribution in [0.3, 0.4) is 0 Å². The Morgan fingerprint density at radius 1 is 1.11 bits per heavy atom. The highest BCUT2D eigenvalue weighted by molar-refractivity contribution is 5.93. The number of terminal acetylenes is 1. The van der Waals surface area contributed by atoms with Gasteiger partial charge in [0.05, 0.1) is 0 Å². The highest BCUT2D eigenvalue weighted by Crippen LogP contribution is 2.27. The van der Waals surface area contributed by atoms with Gasteiger partial charge < -0.3 is 20.5 Å². The van der Waals surface area contributed by atoms with Crippen molar-refractivity contribution in [2.75, 3.05) is 6.54 Å². The Morgan fingerprint density at radius 2 is 1.79 bits per heavy atom. The smallest absolute Gasteiger partial charge is 0.408 e. The lowest BCUT2D eigenvalue weighted by molar-refractivity contribution is -0.138. The number of alkyl carbamates (subject to hydrolysis) is 1. The molecule has 0 saturated carbocycles. The number of hydrogen-bond donors (Lipinski definition) is 3. The second-order valence-electron chi connectivity index (χ2n) is 10.2. The van der Waals surface area contributed by atoms with Crippen LogP contribution in [0, 0.1) is 19.4 Å². The fraction of sp³-hybridized carbons (Fsp3) is 0.433. The van der Waals surface area contributed by atoms with E-state index in [-0.39, 0.29) is 12.2 Å². The molecule has 0 aromatic heterocycles. The molecular weight excluding hydrogens is 482 g/mol. The van der Waals surface area contributed by atoms with Crippen LogP contribution in [0.4, 0.5) is 4.79 Å². The number of phenolic OH excluding ortho intramolecular Hbond substituents is 1. The molecule has 0 spiro atoms. The van der Waals surface area contributed by atoms with Crippen LogP contribution in [0.5, 0.6) is 5.75 Å². The van der Waals surface area contributed by atoms with E-state index in [0.29, 0.717) is 17.7 Å². The fourth-order valence-corrected chi connectivity index (χ4v) is 3.88. The minimum atomic E-state index is -1.17. The number of amides is 3. The monoisotopic (exact) mass is 521 g/mol. The van der Waals surface area contributed by atoms with Gasteiger partial charge in [-0.3, -0.25) is 14.5 Å². The van der Waals surface area contributed by atoms with E-state index in [1.165, 1.54) is 6.07 Å². The van der Waals surface area contributed by atoms with Crippen molar-refractivity contribution in [1.29, 1.82) is 0 Å². The SMILES string of the molecule is C#CN(C(=O)C(Cc1ccccc1)NC(=O)OC(C)(C)C)C(C(=O)NCCCCC)c1ccc(O)c(C)c1. The molecule has 38 heavy (non-hydrogen) atoms. The van der Waals surface area contributed by atoms with Gasteiger partial charge in [-0.05, 0) is 62.9 Å². The molecule has 2 atom stereocenters. The molecule has 0 fully saturated rings. The third kappa shape index (κ3) is 9.15. The van der Waals surface area contributed by atoms with E-state index in [2.05, 4.69) is 23.6 Å². The van der Waals surface area contributed by atoms with Gasteiger partial charge in [0.25, 0.3) is 5.91 Å². The summed E-state index contributed by atoms with van der Waals surface area (Å²) in [7, 11) is 0. The lowest BCUT2D eigenvalue weighted by Crippen LogP contribution is -2.52. The van der Waals surface area contributed by atoms with Crippen LogP contribution >= 0.6 is 0 Å². The number of ether oxygens (including phenoxy) is 1. The molecule has 0 radical (unpaired) electrons. The van der Waals surface area contributed by atoms with Crippen molar-refractivity contribution < 1.29 is 24.2 Å². The molecule has 3 amide bonds. The number of aromatic hydroxyl groups is 1. The van der Waals surface area contributed by atoms with Crippen molar-refractivity contribution >= 4 is 17.9 Å². The lowest BCUT2D eigenvalue weighted by atomic mass is 9.99. The van der Waals surface area contributed by atoms with Crippen LogP contribution < -0.4 is 10.6 Å². The number of nitrogens with one attached hydrogen (secondary N) is 2. The Kier molecular flexibility index (Phi) is 11.2. The topological polar surface area (TPSA) is 108 Å². The third-order valence-electron chi connectivity index (χ3n) is 5.77. The van der Waals surface area contributed by atoms with E-state index in [0.717, 1.165) is 29.7 Å². The Bertz CT molecular complexity index is 1130. The van der Waals surface area contributed by atoms with Gasteiger partial charge in [0, 0.05) is 19.0 Å². The third-order valence-corrected chi connectivity index (χ3v) is 5.77. The highest BCUT2D eigenvalue weighted by Gasteiger charge is 2.36. The van der Waals surface area contributed by atoms with Crippen molar-refractivity contribution in [3.63, 3.8) is 0 Å². The number of phenols is 1. The summed E-state index contributed by atoms with van der Waals surface area (Å²) in [6.07, 6.45) is 7.92. The molecule has 0 aliphatic rings. The summed E-state index contributed by atoms with van der Waals surface area (Å²) in [5, 5.41) is 15.6. The Balaban J connectivity index is 2.45. The summed E-state index contributed by atoms with van der Waals surface area (Å²) in [4.78, 5) is 41.0. The minimum Gasteiger partial charge on any atom is -0.508 e. The second kappa shape index (κ2) is 14.1. The molecular formula is C30H39N3O5. The molecule has 204 valence electrons. The molecule has 0 bridgehead atoms. The summed E-state index contributed by atoms with van der Waals surface area (Å²) >= 11 is 0. The highest BCUT2D eigenvalue weighted by atomic mass is 16.6. The van der Waals surface area contributed by atoms with Crippen molar-refractivity contribution in [2.24, 2.45) is 0 Å². The van der Waals surface area contributed by atoms with Gasteiger partial charge in [0.15, 0.2) is 0 Å². The predicted octanol–water partition coefficient (Wildman–Crippen LogP) is 4.60. The maximum Gasteiger partial charge on any atom is 0.408 e. The Morgan fingerprint density at radius 3 is 2.37 bits per heavy atom. The molecule has 8 heteroatoms. The van der Waals surface area contributed by atoms with Crippen molar-refractivity contribution in [3.05, 3.63) is 65.2 Å². The number of nitrogens with zero attached hydrogens (tertiary/aromatic N) is 1. The molecule has 2 aromatic rings. The van der Waals surface area contributed by atoms with Gasteiger partial charge in [-0.1, -0.05) is 62.6 Å². The zero-order valence-electron chi connectivity index (χ0n) is 22.9. The van der Waals surface area contributed by atoms with Crippen LogP contribution in [-0.2, 0) is 20.7 Å². The Hall–Kier alpha value is -3.99. The second-order valence-corrected chi connectivity index (χ2v) is 10.2. The van der Waals surface area contributed by atoms with Crippen molar-refractivity contribution in [2.45, 2.75) is 78.0 Å². The standard InChI is InChI=1S/C30H39N3O5/c1-7-9-13-18-31-27(35)26(23-16-17-25(34)21(3)19-23)33(8-2)28(36)24(20-22-14-11-10-12-15-22)32-29(37)38-30(4,5)6/h2,10-12,14-17,19,24,26,34H,7,9,13,18,20H2,1,3-6H3,(H,31,35)(H,32,37). The van der Waals surface area contributed by atoms with Crippen LogP contribution in [0.2, 0.25) is 0 Å². The first kappa shape index (κ1) is 30.2. The number of benzene rings is 2. The minimum absolute atomic E-state index is 0.0583. The summed E-state index contributed by atoms with van der Waals surface area (Å²) in [6, 6.07) is 13.9. The molecule has 2 rings (SSSR count). The van der Waals surface area contributed by atoms with E-state index >= 15 is 0 Å². The van der Waals surface area contributed by atoms with Gasteiger partial charge in [-0.25, -0.2) is 4.79 Å². The normalized spacial score (nSPS) is 12.5. The van der Waals surface area contributed by atoms with E-state index in [1.807, 2.05) is 30.3 Å². The number of hydrogen-bond acceptors (Lipinski definition) is 5. The first-order valence-corrected chi connectivity index (χ1v) is 12.9. The van der Waals surface area contributed by atoms with Gasteiger partial charge in [-0.2, -0.15) is 0 Å². The van der Waals surface area contributed by atoms with Crippen LogP contribution in [0.15, 0.2) is 48.5 Å². The molecule has 0 saturated heterocycles. The van der Waals surface area contributed by atoms with Gasteiger partial charge in [0.2, 0.25) is 5.91 Å². The summed E-state index contributed by atoms with van der Waals surface area (Å²) < 4.78 is 5.39. The molecule has 2 aromatic carbocycles. The molecule has 2 unspecified atom stereocenters. The number of rotatable bonds is 11. The summed E-state index contributed by atoms with van der Waals surface area (Å²) in [6.45, 7) is 9.35. The molecule has 0 aliphatic carbocycles. The van der Waals surface area contributed by atoms with E-state index in [9.17, 15) is 19.5 Å². The molecule has 3 N–H and O–H groups in total. The molecule has 0 heterocycles.